The molecule has 1 unspecified atom stereocenters. The minimum absolute atomic E-state index is 0.0510. The van der Waals surface area contributed by atoms with Crippen molar-refractivity contribution in [1.82, 2.24) is 25.0 Å². The maximum Gasteiger partial charge on any atom is 0.490 e. The van der Waals surface area contributed by atoms with Crippen LogP contribution in [0, 0.1) is 5.92 Å². The number of aromatic nitrogens is 3. The van der Waals surface area contributed by atoms with E-state index in [4.69, 9.17) is 24.5 Å². The summed E-state index contributed by atoms with van der Waals surface area (Å²) >= 11 is 0. The normalized spacial score (nSPS) is 15.5. The molecule has 0 aliphatic carbocycles. The van der Waals surface area contributed by atoms with Gasteiger partial charge in [-0.3, -0.25) is 19.4 Å². The number of carboxylic acids is 2. The number of carbonyl (C=O) groups excluding carboxylic acids is 1. The molecular formula is C21H25F6N5O6. The van der Waals surface area contributed by atoms with Crippen molar-refractivity contribution >= 4 is 17.8 Å². The molecule has 17 heteroatoms. The number of carbonyl (C=O) groups is 3. The van der Waals surface area contributed by atoms with Crippen molar-refractivity contribution in [2.75, 3.05) is 26.8 Å². The van der Waals surface area contributed by atoms with Crippen LogP contribution in [-0.4, -0.2) is 86.9 Å². The van der Waals surface area contributed by atoms with Gasteiger partial charge in [0.05, 0.1) is 24.8 Å². The lowest BCUT2D eigenvalue weighted by Crippen LogP contribution is -2.40. The zero-order valence-corrected chi connectivity index (χ0v) is 19.9. The van der Waals surface area contributed by atoms with Crippen molar-refractivity contribution in [2.24, 2.45) is 5.92 Å². The van der Waals surface area contributed by atoms with Gasteiger partial charge in [0.15, 0.2) is 0 Å². The molecule has 3 N–H and O–H groups in total. The minimum atomic E-state index is -5.08. The first-order chi connectivity index (χ1) is 17.6. The number of alkyl halides is 6. The van der Waals surface area contributed by atoms with E-state index >= 15 is 0 Å². The molecule has 1 aliphatic heterocycles. The summed E-state index contributed by atoms with van der Waals surface area (Å²) in [6.45, 7) is 3.92. The van der Waals surface area contributed by atoms with Crippen LogP contribution in [0.2, 0.25) is 0 Å². The second-order valence-corrected chi connectivity index (χ2v) is 7.62. The third kappa shape index (κ3) is 12.0. The van der Waals surface area contributed by atoms with E-state index in [-0.39, 0.29) is 11.8 Å². The molecule has 1 amide bonds. The Morgan fingerprint density at radius 3 is 2.05 bits per heavy atom. The smallest absolute Gasteiger partial charge is 0.475 e. The monoisotopic (exact) mass is 557 g/mol. The molecule has 2 aromatic rings. The summed E-state index contributed by atoms with van der Waals surface area (Å²) in [6, 6.07) is 6.04. The minimum Gasteiger partial charge on any atom is -0.475 e. The molecule has 11 nitrogen and oxygen atoms in total. The lowest BCUT2D eigenvalue weighted by Gasteiger charge is -2.23. The summed E-state index contributed by atoms with van der Waals surface area (Å²) in [4.78, 5) is 36.7. The molecular weight excluding hydrogens is 532 g/mol. The van der Waals surface area contributed by atoms with E-state index in [9.17, 15) is 31.1 Å². The molecule has 0 bridgehead atoms. The van der Waals surface area contributed by atoms with E-state index in [0.29, 0.717) is 26.2 Å². The fourth-order valence-corrected chi connectivity index (χ4v) is 2.98. The molecule has 1 atom stereocenters. The number of methoxy groups -OCH3 is 1. The third-order valence-electron chi connectivity index (χ3n) is 4.68. The highest BCUT2D eigenvalue weighted by atomic mass is 19.4. The summed E-state index contributed by atoms with van der Waals surface area (Å²) in [6.07, 6.45) is -4.77. The van der Waals surface area contributed by atoms with Crippen LogP contribution in [0.4, 0.5) is 26.3 Å². The van der Waals surface area contributed by atoms with Gasteiger partial charge in [0, 0.05) is 51.9 Å². The molecule has 0 saturated carbocycles. The summed E-state index contributed by atoms with van der Waals surface area (Å²) in [5, 5.41) is 21.6. The number of ether oxygens (including phenoxy) is 1. The Bertz CT molecular complexity index is 1010. The van der Waals surface area contributed by atoms with Crippen LogP contribution in [0.5, 0.6) is 0 Å². The highest BCUT2D eigenvalue weighted by molar-refractivity contribution is 5.78. The Morgan fingerprint density at radius 1 is 1.00 bits per heavy atom. The van der Waals surface area contributed by atoms with Crippen LogP contribution in [0.3, 0.4) is 0 Å². The van der Waals surface area contributed by atoms with E-state index in [1.807, 2.05) is 22.9 Å². The molecule has 0 fully saturated rings. The Kier molecular flexibility index (Phi) is 12.6. The summed E-state index contributed by atoms with van der Waals surface area (Å²) in [5.41, 5.74) is 2.33. The fourth-order valence-electron chi connectivity index (χ4n) is 2.98. The van der Waals surface area contributed by atoms with Gasteiger partial charge in [0.1, 0.15) is 0 Å². The molecule has 0 aromatic carbocycles. The van der Waals surface area contributed by atoms with Crippen molar-refractivity contribution in [2.45, 2.75) is 32.0 Å². The van der Waals surface area contributed by atoms with Crippen molar-refractivity contribution in [1.29, 1.82) is 0 Å². The van der Waals surface area contributed by atoms with E-state index < -0.39 is 24.3 Å². The third-order valence-corrected chi connectivity index (χ3v) is 4.68. The zero-order chi connectivity index (χ0) is 28.9. The fraction of sp³-hybridized carbons (Fsp3) is 0.476. The van der Waals surface area contributed by atoms with Crippen molar-refractivity contribution < 1.29 is 55.7 Å². The molecule has 38 heavy (non-hydrogen) atoms. The van der Waals surface area contributed by atoms with Gasteiger partial charge in [-0.15, -0.1) is 0 Å². The number of nitrogens with zero attached hydrogens (tertiary/aromatic N) is 4. The molecule has 1 aliphatic rings. The number of pyridine rings is 1. The molecule has 0 spiro atoms. The van der Waals surface area contributed by atoms with Gasteiger partial charge in [0.25, 0.3) is 0 Å². The average Bonchev–Trinajstić information content (AvgIpc) is 3.17. The zero-order valence-electron chi connectivity index (χ0n) is 19.9. The summed E-state index contributed by atoms with van der Waals surface area (Å²) in [5.74, 6) is -5.60. The number of hydrogen-bond acceptors (Lipinski definition) is 7. The largest absolute Gasteiger partial charge is 0.490 e. The van der Waals surface area contributed by atoms with E-state index in [2.05, 4.69) is 20.3 Å². The SMILES string of the molecule is COCCNC(=O)C1CN(Cc2ccncc2)Cc2ccnn2C1.O=C(O)C(F)(F)F.O=C(O)C(F)(F)F. The Labute approximate surface area is 212 Å². The molecule has 3 rings (SSSR count). The van der Waals surface area contributed by atoms with Crippen LogP contribution in [0.1, 0.15) is 11.3 Å². The number of aliphatic carboxylic acids is 2. The second kappa shape index (κ2) is 14.9. The number of carboxylic acid groups (broad SMARTS) is 2. The van der Waals surface area contributed by atoms with Crippen LogP contribution in [0.15, 0.2) is 36.8 Å². The number of halogens is 6. The predicted molar refractivity (Wildman–Crippen MR) is 116 cm³/mol. The average molecular weight is 557 g/mol. The summed E-state index contributed by atoms with van der Waals surface area (Å²) in [7, 11) is 1.63. The first-order valence-corrected chi connectivity index (χ1v) is 10.6. The predicted octanol–water partition coefficient (Wildman–Crippen LogP) is 1.94. The Hall–Kier alpha value is -3.73. The Balaban J connectivity index is 0.000000426. The van der Waals surface area contributed by atoms with E-state index in [1.54, 1.807) is 25.7 Å². The highest BCUT2D eigenvalue weighted by Gasteiger charge is 2.38. The second-order valence-electron chi connectivity index (χ2n) is 7.62. The first kappa shape index (κ1) is 32.3. The van der Waals surface area contributed by atoms with Gasteiger partial charge < -0.3 is 20.3 Å². The van der Waals surface area contributed by atoms with Crippen molar-refractivity contribution in [3.05, 3.63) is 48.0 Å². The molecule has 2 aromatic heterocycles. The van der Waals surface area contributed by atoms with Gasteiger partial charge in [-0.1, -0.05) is 0 Å². The van der Waals surface area contributed by atoms with Crippen molar-refractivity contribution in [3.8, 4) is 0 Å². The van der Waals surface area contributed by atoms with Crippen LogP contribution >= 0.6 is 0 Å². The number of nitrogens with one attached hydrogen (secondary N) is 1. The lowest BCUT2D eigenvalue weighted by atomic mass is 10.1. The van der Waals surface area contributed by atoms with E-state index in [1.165, 1.54) is 5.56 Å². The Morgan fingerprint density at radius 2 is 1.55 bits per heavy atom. The van der Waals surface area contributed by atoms with E-state index in [0.717, 1.165) is 18.8 Å². The van der Waals surface area contributed by atoms with Gasteiger partial charge in [-0.25, -0.2) is 9.59 Å². The van der Waals surface area contributed by atoms with Gasteiger partial charge in [-0.2, -0.15) is 31.4 Å². The molecule has 0 radical (unpaired) electrons. The van der Waals surface area contributed by atoms with Gasteiger partial charge in [-0.05, 0) is 23.8 Å². The number of amides is 1. The summed E-state index contributed by atoms with van der Waals surface area (Å²) < 4.78 is 70.4. The molecule has 0 saturated heterocycles. The van der Waals surface area contributed by atoms with Crippen LogP contribution in [-0.2, 0) is 38.8 Å². The van der Waals surface area contributed by atoms with Gasteiger partial charge in [0.2, 0.25) is 5.91 Å². The number of fused-ring (bicyclic) bond motifs is 1. The number of rotatable bonds is 6. The molecule has 3 heterocycles. The quantitative estimate of drug-likeness (QED) is 0.358. The van der Waals surface area contributed by atoms with Crippen molar-refractivity contribution in [3.63, 3.8) is 0 Å². The first-order valence-electron chi connectivity index (χ1n) is 10.6. The maximum atomic E-state index is 12.5. The maximum absolute atomic E-state index is 12.5. The van der Waals surface area contributed by atoms with Crippen LogP contribution < -0.4 is 5.32 Å². The lowest BCUT2D eigenvalue weighted by molar-refractivity contribution is -0.193. The number of hydrogen-bond donors (Lipinski definition) is 3. The molecule has 212 valence electrons. The van der Waals surface area contributed by atoms with Gasteiger partial charge >= 0.3 is 24.3 Å². The highest BCUT2D eigenvalue weighted by Crippen LogP contribution is 2.18. The van der Waals surface area contributed by atoms with Crippen LogP contribution in [0.25, 0.3) is 0 Å². The topological polar surface area (TPSA) is 147 Å². The standard InChI is InChI=1S/C17H23N5O2.2C2HF3O2/c1-24-9-8-19-17(23)15-11-21(10-14-2-5-18-6-3-14)13-16-4-7-20-22(16)12-15;2*3-2(4,5)1(6)7/h2-7,15H,8-13H2,1H3,(H,19,23);2*(H,6,7).